The van der Waals surface area contributed by atoms with Crippen molar-refractivity contribution in [1.82, 2.24) is 10.6 Å². The van der Waals surface area contributed by atoms with E-state index in [2.05, 4.69) is 22.8 Å². The van der Waals surface area contributed by atoms with Crippen LogP contribution >= 0.6 is 11.8 Å². The second-order valence-electron chi connectivity index (χ2n) is 6.35. The molecule has 0 atom stereocenters. The molecule has 2 N–H and O–H groups in total. The zero-order chi connectivity index (χ0) is 18.8. The van der Waals surface area contributed by atoms with E-state index in [1.807, 2.05) is 50.2 Å². The highest BCUT2D eigenvalue weighted by molar-refractivity contribution is 8.00. The van der Waals surface area contributed by atoms with Crippen molar-refractivity contribution in [2.24, 2.45) is 0 Å². The number of hydrogen-bond acceptors (Lipinski definition) is 3. The van der Waals surface area contributed by atoms with Crippen LogP contribution in [0.3, 0.4) is 0 Å². The van der Waals surface area contributed by atoms with E-state index in [-0.39, 0.29) is 17.9 Å². The Morgan fingerprint density at radius 2 is 1.69 bits per heavy atom. The molecule has 4 nitrogen and oxygen atoms in total. The van der Waals surface area contributed by atoms with E-state index in [1.165, 1.54) is 17.3 Å². The maximum atomic E-state index is 12.5. The number of carbonyl (C=O) groups excluding carboxylic acids is 2. The number of amides is 2. The van der Waals surface area contributed by atoms with E-state index in [9.17, 15) is 9.59 Å². The predicted octanol–water partition coefficient (Wildman–Crippen LogP) is 3.67. The lowest BCUT2D eigenvalue weighted by atomic mass is 10.1. The second kappa shape index (κ2) is 10.7. The molecule has 138 valence electrons. The largest absolute Gasteiger partial charge is 0.353 e. The van der Waals surface area contributed by atoms with Gasteiger partial charge >= 0.3 is 0 Å². The Labute approximate surface area is 159 Å². The highest BCUT2D eigenvalue weighted by Crippen LogP contribution is 2.22. The van der Waals surface area contributed by atoms with Gasteiger partial charge in [-0.3, -0.25) is 9.59 Å². The third-order valence-electron chi connectivity index (χ3n) is 3.71. The smallest absolute Gasteiger partial charge is 0.252 e. The topological polar surface area (TPSA) is 58.2 Å². The molecule has 26 heavy (non-hydrogen) atoms. The second-order valence-corrected chi connectivity index (χ2v) is 7.37. The fourth-order valence-electron chi connectivity index (χ4n) is 2.52. The molecule has 2 aromatic rings. The van der Waals surface area contributed by atoms with Crippen LogP contribution in [0.15, 0.2) is 59.5 Å². The summed E-state index contributed by atoms with van der Waals surface area (Å²) in [5.74, 6) is 0.185. The molecule has 2 amide bonds. The third kappa shape index (κ3) is 6.92. The Bertz CT molecular complexity index is 717. The number of benzene rings is 2. The van der Waals surface area contributed by atoms with Gasteiger partial charge < -0.3 is 10.6 Å². The molecular weight excluding hydrogens is 344 g/mol. The SMILES string of the molecule is CC(C)NC(=O)CSc1ccccc1C(=O)NCCCc1ccccc1. The van der Waals surface area contributed by atoms with Gasteiger partial charge in [0.15, 0.2) is 0 Å². The summed E-state index contributed by atoms with van der Waals surface area (Å²) >= 11 is 1.39. The molecule has 0 saturated heterocycles. The van der Waals surface area contributed by atoms with Crippen LogP contribution in [-0.2, 0) is 11.2 Å². The molecule has 0 aromatic heterocycles. The van der Waals surface area contributed by atoms with Crippen molar-refractivity contribution < 1.29 is 9.59 Å². The van der Waals surface area contributed by atoms with Crippen molar-refractivity contribution in [3.63, 3.8) is 0 Å². The van der Waals surface area contributed by atoms with Gasteiger partial charge in [-0.15, -0.1) is 11.8 Å². The van der Waals surface area contributed by atoms with E-state index in [1.54, 1.807) is 6.07 Å². The Kier molecular flexibility index (Phi) is 8.22. The lowest BCUT2D eigenvalue weighted by Crippen LogP contribution is -2.31. The highest BCUT2D eigenvalue weighted by atomic mass is 32.2. The molecular formula is C21H26N2O2S. The van der Waals surface area contributed by atoms with Crippen LogP contribution in [0.2, 0.25) is 0 Å². The van der Waals surface area contributed by atoms with Crippen LogP contribution in [0.4, 0.5) is 0 Å². The fraction of sp³-hybridized carbons (Fsp3) is 0.333. The summed E-state index contributed by atoms with van der Waals surface area (Å²) in [6, 6.07) is 17.8. The molecule has 2 rings (SSSR count). The molecule has 0 saturated carbocycles. The number of carbonyl (C=O) groups is 2. The monoisotopic (exact) mass is 370 g/mol. The number of aryl methyl sites for hydroxylation is 1. The summed E-state index contributed by atoms with van der Waals surface area (Å²) in [6.07, 6.45) is 1.83. The molecule has 0 bridgehead atoms. The lowest BCUT2D eigenvalue weighted by molar-refractivity contribution is -0.119. The summed E-state index contributed by atoms with van der Waals surface area (Å²) in [7, 11) is 0. The summed E-state index contributed by atoms with van der Waals surface area (Å²) < 4.78 is 0. The zero-order valence-corrected chi connectivity index (χ0v) is 16.1. The Hall–Kier alpha value is -2.27. The minimum absolute atomic E-state index is 0.0249. The van der Waals surface area contributed by atoms with Crippen molar-refractivity contribution in [2.45, 2.75) is 37.6 Å². The standard InChI is InChI=1S/C21H26N2O2S/c1-16(2)23-20(24)15-26-19-13-7-6-12-18(19)21(25)22-14-8-11-17-9-4-3-5-10-17/h3-7,9-10,12-13,16H,8,11,14-15H2,1-2H3,(H,22,25)(H,23,24). The van der Waals surface area contributed by atoms with Gasteiger partial charge in [-0.05, 0) is 44.4 Å². The average Bonchev–Trinajstić information content (AvgIpc) is 2.64. The lowest BCUT2D eigenvalue weighted by Gasteiger charge is -2.11. The number of rotatable bonds is 9. The quantitative estimate of drug-likeness (QED) is 0.523. The molecule has 5 heteroatoms. The fourth-order valence-corrected chi connectivity index (χ4v) is 3.38. The number of nitrogens with one attached hydrogen (secondary N) is 2. The Balaban J connectivity index is 1.83. The van der Waals surface area contributed by atoms with Crippen LogP contribution < -0.4 is 10.6 Å². The molecule has 2 aromatic carbocycles. The Morgan fingerprint density at radius 3 is 2.42 bits per heavy atom. The van der Waals surface area contributed by atoms with Gasteiger partial charge in [-0.25, -0.2) is 0 Å². The zero-order valence-electron chi connectivity index (χ0n) is 15.3. The molecule has 0 radical (unpaired) electrons. The van der Waals surface area contributed by atoms with Crippen molar-refractivity contribution in [2.75, 3.05) is 12.3 Å². The van der Waals surface area contributed by atoms with E-state index in [0.717, 1.165) is 17.7 Å². The first-order valence-electron chi connectivity index (χ1n) is 8.89. The van der Waals surface area contributed by atoms with Crippen molar-refractivity contribution >= 4 is 23.6 Å². The van der Waals surface area contributed by atoms with Crippen LogP contribution in [0.25, 0.3) is 0 Å². The van der Waals surface area contributed by atoms with Gasteiger partial charge in [0, 0.05) is 17.5 Å². The molecule has 0 heterocycles. The van der Waals surface area contributed by atoms with Crippen LogP contribution in [0.5, 0.6) is 0 Å². The van der Waals surface area contributed by atoms with E-state index in [0.29, 0.717) is 17.9 Å². The highest BCUT2D eigenvalue weighted by Gasteiger charge is 2.12. The number of hydrogen-bond donors (Lipinski definition) is 2. The van der Waals surface area contributed by atoms with E-state index >= 15 is 0 Å². The summed E-state index contributed by atoms with van der Waals surface area (Å²) in [4.78, 5) is 25.1. The van der Waals surface area contributed by atoms with Gasteiger partial charge in [-0.2, -0.15) is 0 Å². The predicted molar refractivity (Wildman–Crippen MR) is 108 cm³/mol. The van der Waals surface area contributed by atoms with Crippen molar-refractivity contribution in [1.29, 1.82) is 0 Å². The Morgan fingerprint density at radius 1 is 1.00 bits per heavy atom. The van der Waals surface area contributed by atoms with Crippen LogP contribution in [0.1, 0.15) is 36.2 Å². The van der Waals surface area contributed by atoms with E-state index < -0.39 is 0 Å². The average molecular weight is 371 g/mol. The maximum Gasteiger partial charge on any atom is 0.252 e. The first-order valence-corrected chi connectivity index (χ1v) is 9.88. The number of thioether (sulfide) groups is 1. The minimum atomic E-state index is -0.0922. The summed E-state index contributed by atoms with van der Waals surface area (Å²) in [5.41, 5.74) is 1.89. The van der Waals surface area contributed by atoms with Gasteiger partial charge in [0.25, 0.3) is 5.91 Å². The van der Waals surface area contributed by atoms with Crippen molar-refractivity contribution in [3.05, 3.63) is 65.7 Å². The first-order chi connectivity index (χ1) is 12.6. The van der Waals surface area contributed by atoms with Gasteiger partial charge in [0.05, 0.1) is 11.3 Å². The minimum Gasteiger partial charge on any atom is -0.353 e. The van der Waals surface area contributed by atoms with Crippen molar-refractivity contribution in [3.8, 4) is 0 Å². The molecule has 0 fully saturated rings. The molecule has 0 aliphatic carbocycles. The molecule has 0 aliphatic rings. The normalized spacial score (nSPS) is 10.6. The maximum absolute atomic E-state index is 12.5. The van der Waals surface area contributed by atoms with Gasteiger partial charge in [-0.1, -0.05) is 42.5 Å². The molecule has 0 spiro atoms. The van der Waals surface area contributed by atoms with Crippen LogP contribution in [0, 0.1) is 0 Å². The first kappa shape index (κ1) is 20.0. The van der Waals surface area contributed by atoms with Gasteiger partial charge in [0.2, 0.25) is 5.91 Å². The van der Waals surface area contributed by atoms with E-state index in [4.69, 9.17) is 0 Å². The summed E-state index contributed by atoms with van der Waals surface area (Å²) in [5, 5.41) is 5.84. The molecule has 0 unspecified atom stereocenters. The van der Waals surface area contributed by atoms with Crippen LogP contribution in [-0.4, -0.2) is 30.2 Å². The molecule has 0 aliphatic heterocycles. The third-order valence-corrected chi connectivity index (χ3v) is 4.78. The summed E-state index contributed by atoms with van der Waals surface area (Å²) in [6.45, 7) is 4.49. The van der Waals surface area contributed by atoms with Gasteiger partial charge in [0.1, 0.15) is 0 Å².